The molecule has 2 fully saturated rings. The van der Waals surface area contributed by atoms with E-state index in [1.807, 2.05) is 12.2 Å². The first-order valence-electron chi connectivity index (χ1n) is 6.63. The number of carbonyl (C=O) groups excluding carboxylic acids is 2. The van der Waals surface area contributed by atoms with Gasteiger partial charge in [0.15, 0.2) is 0 Å². The zero-order valence-corrected chi connectivity index (χ0v) is 10.8. The van der Waals surface area contributed by atoms with Crippen molar-refractivity contribution in [1.82, 2.24) is 0 Å². The van der Waals surface area contributed by atoms with Crippen LogP contribution < -0.4 is 4.90 Å². The van der Waals surface area contributed by atoms with Crippen molar-refractivity contribution in [3.8, 4) is 0 Å². The highest BCUT2D eigenvalue weighted by Crippen LogP contribution is 2.46. The van der Waals surface area contributed by atoms with E-state index in [1.54, 1.807) is 0 Å². The first-order valence-corrected chi connectivity index (χ1v) is 6.63. The zero-order chi connectivity index (χ0) is 14.7. The van der Waals surface area contributed by atoms with Crippen LogP contribution in [0.3, 0.4) is 0 Å². The van der Waals surface area contributed by atoms with E-state index in [4.69, 9.17) is 9.84 Å². The van der Waals surface area contributed by atoms with Crippen LogP contribution in [0, 0.1) is 11.8 Å². The van der Waals surface area contributed by atoms with Crippen molar-refractivity contribution in [3.05, 3.63) is 42.0 Å². The normalized spacial score (nSPS) is 32.9. The van der Waals surface area contributed by atoms with Gasteiger partial charge in [0.1, 0.15) is 0 Å². The maximum absolute atomic E-state index is 12.5. The molecule has 2 bridgehead atoms. The Morgan fingerprint density at radius 3 is 2.00 bits per heavy atom. The molecule has 1 aromatic rings. The second-order valence-electron chi connectivity index (χ2n) is 5.37. The average Bonchev–Trinajstić information content (AvgIpc) is 3.13. The number of fused-ring (bicyclic) bond motifs is 5. The predicted octanol–water partition coefficient (Wildman–Crippen LogP) is 0.828. The molecule has 6 heteroatoms. The van der Waals surface area contributed by atoms with Crippen LogP contribution >= 0.6 is 0 Å². The minimum atomic E-state index is -1.05. The SMILES string of the molecule is O=C(O)c1ccc(N2C(=O)[C@H]3[C@H](C2=O)[C@H]2C=C[C@H]3O2)cc1. The fraction of sp³-hybridized carbons (Fsp3) is 0.267. The Balaban J connectivity index is 1.69. The van der Waals surface area contributed by atoms with Gasteiger partial charge in [-0.15, -0.1) is 0 Å². The van der Waals surface area contributed by atoms with Gasteiger partial charge in [0.25, 0.3) is 0 Å². The Kier molecular flexibility index (Phi) is 2.35. The van der Waals surface area contributed by atoms with Crippen LogP contribution in [0.15, 0.2) is 36.4 Å². The Hall–Kier alpha value is -2.47. The number of nitrogens with zero attached hydrogens (tertiary/aromatic N) is 1. The van der Waals surface area contributed by atoms with Crippen LogP contribution in [-0.2, 0) is 14.3 Å². The van der Waals surface area contributed by atoms with Crippen molar-refractivity contribution in [2.75, 3.05) is 4.90 Å². The van der Waals surface area contributed by atoms with Gasteiger partial charge < -0.3 is 9.84 Å². The zero-order valence-electron chi connectivity index (χ0n) is 10.8. The van der Waals surface area contributed by atoms with Gasteiger partial charge >= 0.3 is 5.97 Å². The summed E-state index contributed by atoms with van der Waals surface area (Å²) in [7, 11) is 0. The van der Waals surface area contributed by atoms with Gasteiger partial charge in [-0.05, 0) is 24.3 Å². The molecule has 0 spiro atoms. The van der Waals surface area contributed by atoms with E-state index in [2.05, 4.69) is 0 Å². The van der Waals surface area contributed by atoms with Crippen molar-refractivity contribution >= 4 is 23.5 Å². The molecule has 3 aliphatic heterocycles. The lowest BCUT2D eigenvalue weighted by atomic mass is 9.85. The van der Waals surface area contributed by atoms with Crippen molar-refractivity contribution in [2.45, 2.75) is 12.2 Å². The fourth-order valence-electron chi connectivity index (χ4n) is 3.31. The minimum absolute atomic E-state index is 0.114. The van der Waals surface area contributed by atoms with E-state index in [0.29, 0.717) is 5.69 Å². The average molecular weight is 285 g/mol. The monoisotopic (exact) mass is 285 g/mol. The van der Waals surface area contributed by atoms with Crippen molar-refractivity contribution in [2.24, 2.45) is 11.8 Å². The molecule has 4 rings (SSSR count). The third-order valence-corrected chi connectivity index (χ3v) is 4.28. The molecule has 6 nitrogen and oxygen atoms in total. The number of rotatable bonds is 2. The fourth-order valence-corrected chi connectivity index (χ4v) is 3.31. The van der Waals surface area contributed by atoms with E-state index >= 15 is 0 Å². The molecule has 2 amide bonds. The summed E-state index contributed by atoms with van der Waals surface area (Å²) in [5.74, 6) is -2.50. The lowest BCUT2D eigenvalue weighted by molar-refractivity contribution is -0.124. The summed E-state index contributed by atoms with van der Waals surface area (Å²) in [5, 5.41) is 8.88. The summed E-state index contributed by atoms with van der Waals surface area (Å²) < 4.78 is 5.56. The van der Waals surface area contributed by atoms with Gasteiger partial charge in [-0.2, -0.15) is 0 Å². The highest BCUT2D eigenvalue weighted by atomic mass is 16.5. The molecule has 106 valence electrons. The molecule has 0 aromatic heterocycles. The number of carbonyl (C=O) groups is 3. The second kappa shape index (κ2) is 4.02. The van der Waals surface area contributed by atoms with Gasteiger partial charge in [-0.3, -0.25) is 9.59 Å². The summed E-state index contributed by atoms with van der Waals surface area (Å²) in [5.41, 5.74) is 0.520. The number of hydrogen-bond donors (Lipinski definition) is 1. The molecule has 1 aromatic carbocycles. The van der Waals surface area contributed by atoms with Gasteiger partial charge in [0.05, 0.1) is 35.3 Å². The lowest BCUT2D eigenvalue weighted by Crippen LogP contribution is -2.34. The number of anilines is 1. The summed E-state index contributed by atoms with van der Waals surface area (Å²) in [6.07, 6.45) is 3.02. The van der Waals surface area contributed by atoms with E-state index in [1.165, 1.54) is 24.3 Å². The summed E-state index contributed by atoms with van der Waals surface area (Å²) in [6, 6.07) is 5.73. The number of ether oxygens (including phenoxy) is 1. The van der Waals surface area contributed by atoms with E-state index in [0.717, 1.165) is 4.90 Å². The Labute approximate surface area is 119 Å². The Bertz CT molecular complexity index is 663. The maximum Gasteiger partial charge on any atom is 0.335 e. The van der Waals surface area contributed by atoms with Crippen LogP contribution in [0.2, 0.25) is 0 Å². The van der Waals surface area contributed by atoms with E-state index in [9.17, 15) is 14.4 Å². The van der Waals surface area contributed by atoms with Gasteiger partial charge in [-0.25, -0.2) is 9.69 Å². The Morgan fingerprint density at radius 1 is 1.00 bits per heavy atom. The molecule has 3 heterocycles. The molecule has 1 N–H and O–H groups in total. The molecule has 4 atom stereocenters. The van der Waals surface area contributed by atoms with Crippen LogP contribution in [0.5, 0.6) is 0 Å². The molecule has 0 saturated carbocycles. The molecule has 2 saturated heterocycles. The summed E-state index contributed by atoms with van der Waals surface area (Å²) >= 11 is 0. The van der Waals surface area contributed by atoms with E-state index in [-0.39, 0.29) is 29.6 Å². The molecular weight excluding hydrogens is 274 g/mol. The standard InChI is InChI=1S/C15H11NO5/c17-13-11-9-5-6-10(21-9)12(11)14(18)16(13)8-3-1-7(2-4-8)15(19)20/h1-6,9-12H,(H,19,20)/t9-,10-,11-,12-/m1/s1. The largest absolute Gasteiger partial charge is 0.478 e. The highest BCUT2D eigenvalue weighted by molar-refractivity contribution is 6.23. The number of imide groups is 1. The molecule has 0 unspecified atom stereocenters. The number of carboxylic acid groups (broad SMARTS) is 1. The van der Waals surface area contributed by atoms with E-state index < -0.39 is 17.8 Å². The van der Waals surface area contributed by atoms with Crippen LogP contribution in [0.1, 0.15) is 10.4 Å². The highest BCUT2D eigenvalue weighted by Gasteiger charge is 2.60. The smallest absolute Gasteiger partial charge is 0.335 e. The molecule has 21 heavy (non-hydrogen) atoms. The maximum atomic E-state index is 12.5. The first-order chi connectivity index (χ1) is 10.1. The summed E-state index contributed by atoms with van der Waals surface area (Å²) in [6.45, 7) is 0. The molecule has 3 aliphatic rings. The second-order valence-corrected chi connectivity index (χ2v) is 5.37. The number of benzene rings is 1. The van der Waals surface area contributed by atoms with Crippen LogP contribution in [0.25, 0.3) is 0 Å². The number of amides is 2. The van der Waals surface area contributed by atoms with Crippen molar-refractivity contribution in [1.29, 1.82) is 0 Å². The van der Waals surface area contributed by atoms with Crippen LogP contribution in [0.4, 0.5) is 5.69 Å². The lowest BCUT2D eigenvalue weighted by Gasteiger charge is -2.17. The molecule has 0 aliphatic carbocycles. The number of carboxylic acids is 1. The minimum Gasteiger partial charge on any atom is -0.478 e. The van der Waals surface area contributed by atoms with Gasteiger partial charge in [-0.1, -0.05) is 12.2 Å². The van der Waals surface area contributed by atoms with Crippen molar-refractivity contribution in [3.63, 3.8) is 0 Å². The van der Waals surface area contributed by atoms with Crippen molar-refractivity contribution < 1.29 is 24.2 Å². The predicted molar refractivity (Wildman–Crippen MR) is 70.7 cm³/mol. The third-order valence-electron chi connectivity index (χ3n) is 4.28. The number of hydrogen-bond acceptors (Lipinski definition) is 4. The Morgan fingerprint density at radius 2 is 1.52 bits per heavy atom. The quantitative estimate of drug-likeness (QED) is 0.642. The molecule has 0 radical (unpaired) electrons. The first kappa shape index (κ1) is 12.3. The molecular formula is C15H11NO5. The topological polar surface area (TPSA) is 83.9 Å². The third kappa shape index (κ3) is 1.53. The van der Waals surface area contributed by atoms with Gasteiger partial charge in [0, 0.05) is 0 Å². The van der Waals surface area contributed by atoms with Gasteiger partial charge in [0.2, 0.25) is 11.8 Å². The summed E-state index contributed by atoms with van der Waals surface area (Å²) in [4.78, 5) is 37.0. The van der Waals surface area contributed by atoms with Crippen LogP contribution in [-0.4, -0.2) is 35.1 Å². The number of aromatic carboxylic acids is 1.